The predicted molar refractivity (Wildman–Crippen MR) is 219 cm³/mol. The number of hydrogen-bond acceptors (Lipinski definition) is 3. The Labute approximate surface area is 307 Å². The van der Waals surface area contributed by atoms with Crippen molar-refractivity contribution in [2.45, 2.75) is 12.3 Å². The summed E-state index contributed by atoms with van der Waals surface area (Å²) in [4.78, 5) is 2.29. The molecule has 0 fully saturated rings. The molecule has 2 heterocycles. The predicted octanol–water partition coefficient (Wildman–Crippen LogP) is 14.0. The molecule has 0 spiro atoms. The van der Waals surface area contributed by atoms with E-state index in [2.05, 4.69) is 182 Å². The zero-order valence-electron chi connectivity index (χ0n) is 29.1. The SMILES string of the molecule is CC1(c2cccc3oc4cc(N(c5ccc(-c6ccccc6)cc5)c5cccc6c5oc5ccccc56)ccc4c23)c2ccccc2-c2ccccc21. The molecule has 0 aliphatic heterocycles. The fraction of sp³-hybridized carbons (Fsp3) is 0.0400. The number of para-hydroxylation sites is 2. The van der Waals surface area contributed by atoms with E-state index in [1.807, 2.05) is 12.1 Å². The quantitative estimate of drug-likeness (QED) is 0.181. The fourth-order valence-corrected chi connectivity index (χ4v) is 8.88. The summed E-state index contributed by atoms with van der Waals surface area (Å²) in [6.07, 6.45) is 0. The summed E-state index contributed by atoms with van der Waals surface area (Å²) in [6, 6.07) is 64.8. The molecule has 2 aromatic heterocycles. The molecule has 3 heteroatoms. The van der Waals surface area contributed by atoms with Crippen LogP contribution in [0.15, 0.2) is 191 Å². The van der Waals surface area contributed by atoms with Crippen molar-refractivity contribution >= 4 is 60.9 Å². The summed E-state index contributed by atoms with van der Waals surface area (Å²) in [7, 11) is 0. The van der Waals surface area contributed by atoms with E-state index in [0.717, 1.165) is 60.9 Å². The van der Waals surface area contributed by atoms with Gasteiger partial charge in [0.05, 0.1) is 11.4 Å². The highest BCUT2D eigenvalue weighted by Crippen LogP contribution is 2.54. The summed E-state index contributed by atoms with van der Waals surface area (Å²) >= 11 is 0. The van der Waals surface area contributed by atoms with Crippen LogP contribution in [-0.2, 0) is 5.41 Å². The van der Waals surface area contributed by atoms with Gasteiger partial charge in [0.2, 0.25) is 0 Å². The van der Waals surface area contributed by atoms with Gasteiger partial charge in [-0.3, -0.25) is 0 Å². The van der Waals surface area contributed by atoms with Crippen molar-refractivity contribution in [2.75, 3.05) is 4.90 Å². The number of furan rings is 2. The molecular weight excluding hydrogens is 647 g/mol. The molecule has 11 rings (SSSR count). The average Bonchev–Trinajstić information content (AvgIpc) is 3.87. The van der Waals surface area contributed by atoms with Gasteiger partial charge in [-0.1, -0.05) is 133 Å². The number of benzene rings is 8. The third kappa shape index (κ3) is 4.34. The fourth-order valence-electron chi connectivity index (χ4n) is 8.88. The van der Waals surface area contributed by atoms with Crippen LogP contribution in [0.1, 0.15) is 23.6 Å². The molecule has 0 bridgehead atoms. The Balaban J connectivity index is 1.12. The normalized spacial score (nSPS) is 13.2. The summed E-state index contributed by atoms with van der Waals surface area (Å²) < 4.78 is 13.4. The van der Waals surface area contributed by atoms with Gasteiger partial charge in [0.1, 0.15) is 16.7 Å². The van der Waals surface area contributed by atoms with Crippen molar-refractivity contribution in [3.8, 4) is 22.3 Å². The minimum absolute atomic E-state index is 0.342. The second-order valence-electron chi connectivity index (χ2n) is 14.2. The number of nitrogens with zero attached hydrogens (tertiary/aromatic N) is 1. The van der Waals surface area contributed by atoms with E-state index in [9.17, 15) is 0 Å². The van der Waals surface area contributed by atoms with Crippen LogP contribution in [0.2, 0.25) is 0 Å². The third-order valence-corrected chi connectivity index (χ3v) is 11.4. The molecule has 10 aromatic rings. The molecule has 0 saturated heterocycles. The van der Waals surface area contributed by atoms with E-state index in [-0.39, 0.29) is 5.41 Å². The van der Waals surface area contributed by atoms with Crippen LogP contribution in [0.25, 0.3) is 66.1 Å². The first kappa shape index (κ1) is 29.8. The van der Waals surface area contributed by atoms with Gasteiger partial charge in [0.15, 0.2) is 5.58 Å². The Hall–Kier alpha value is -6.84. The van der Waals surface area contributed by atoms with E-state index in [1.54, 1.807) is 0 Å². The second-order valence-corrected chi connectivity index (χ2v) is 14.2. The number of anilines is 3. The van der Waals surface area contributed by atoms with E-state index in [1.165, 1.54) is 38.9 Å². The van der Waals surface area contributed by atoms with E-state index in [0.29, 0.717) is 0 Å². The summed E-state index contributed by atoms with van der Waals surface area (Å²) in [5.41, 5.74) is 14.9. The van der Waals surface area contributed by atoms with Crippen molar-refractivity contribution in [1.29, 1.82) is 0 Å². The van der Waals surface area contributed by atoms with Gasteiger partial charge in [0.25, 0.3) is 0 Å². The van der Waals surface area contributed by atoms with Crippen molar-refractivity contribution in [3.05, 3.63) is 199 Å². The van der Waals surface area contributed by atoms with Crippen molar-refractivity contribution in [2.24, 2.45) is 0 Å². The third-order valence-electron chi connectivity index (χ3n) is 11.4. The van der Waals surface area contributed by atoms with E-state index >= 15 is 0 Å². The first-order valence-corrected chi connectivity index (χ1v) is 18.2. The highest BCUT2D eigenvalue weighted by Gasteiger charge is 2.42. The van der Waals surface area contributed by atoms with Crippen LogP contribution in [0, 0.1) is 0 Å². The smallest absolute Gasteiger partial charge is 0.159 e. The molecule has 1 aliphatic rings. The lowest BCUT2D eigenvalue weighted by atomic mass is 9.73. The van der Waals surface area contributed by atoms with Crippen LogP contribution in [0.3, 0.4) is 0 Å². The van der Waals surface area contributed by atoms with Crippen molar-refractivity contribution in [3.63, 3.8) is 0 Å². The highest BCUT2D eigenvalue weighted by atomic mass is 16.3. The Kier molecular flexibility index (Phi) is 6.38. The zero-order valence-corrected chi connectivity index (χ0v) is 29.1. The minimum atomic E-state index is -0.342. The molecule has 0 radical (unpaired) electrons. The van der Waals surface area contributed by atoms with Gasteiger partial charge < -0.3 is 13.7 Å². The minimum Gasteiger partial charge on any atom is -0.456 e. The number of fused-ring (bicyclic) bond motifs is 9. The summed E-state index contributed by atoms with van der Waals surface area (Å²) in [6.45, 7) is 2.37. The van der Waals surface area contributed by atoms with Crippen LogP contribution < -0.4 is 4.90 Å². The summed E-state index contributed by atoms with van der Waals surface area (Å²) in [5, 5.41) is 4.45. The standard InChI is InChI=1S/C50H33NO2/c1-50(41-19-8-5-15-36(41)37-16-6-9-20-42(37)50)43-21-12-24-46-48(43)40-30-29-35(31-47(40)52-46)51(34-27-25-33(26-28-34)32-13-3-2-4-14-32)44-22-11-18-39-38-17-7-10-23-45(38)53-49(39)44/h2-31H,1H3. The van der Waals surface area contributed by atoms with Crippen molar-refractivity contribution in [1.82, 2.24) is 0 Å². The lowest BCUT2D eigenvalue weighted by molar-refractivity contribution is 0.665. The van der Waals surface area contributed by atoms with Gasteiger partial charge in [-0.25, -0.2) is 0 Å². The van der Waals surface area contributed by atoms with Crippen LogP contribution in [0.4, 0.5) is 17.1 Å². The number of rotatable bonds is 5. The number of hydrogen-bond donors (Lipinski definition) is 0. The lowest BCUT2D eigenvalue weighted by Crippen LogP contribution is -2.22. The second kappa shape index (κ2) is 11.3. The molecule has 0 atom stereocenters. The molecule has 1 aliphatic carbocycles. The zero-order chi connectivity index (χ0) is 35.1. The highest BCUT2D eigenvalue weighted by molar-refractivity contribution is 6.12. The first-order chi connectivity index (χ1) is 26.2. The molecule has 53 heavy (non-hydrogen) atoms. The van der Waals surface area contributed by atoms with E-state index in [4.69, 9.17) is 8.83 Å². The molecule has 250 valence electrons. The van der Waals surface area contributed by atoms with Gasteiger partial charge in [-0.2, -0.15) is 0 Å². The average molecular weight is 680 g/mol. The maximum Gasteiger partial charge on any atom is 0.159 e. The molecule has 0 unspecified atom stereocenters. The van der Waals surface area contributed by atoms with Gasteiger partial charge in [-0.05, 0) is 88.3 Å². The molecule has 0 saturated carbocycles. The molecule has 0 amide bonds. The Morgan fingerprint density at radius 3 is 1.81 bits per heavy atom. The summed E-state index contributed by atoms with van der Waals surface area (Å²) in [5.74, 6) is 0. The monoisotopic (exact) mass is 679 g/mol. The van der Waals surface area contributed by atoms with Crippen LogP contribution >= 0.6 is 0 Å². The molecular formula is C50H33NO2. The topological polar surface area (TPSA) is 29.5 Å². The molecule has 3 nitrogen and oxygen atoms in total. The Morgan fingerprint density at radius 1 is 0.415 bits per heavy atom. The maximum absolute atomic E-state index is 6.80. The molecule has 0 N–H and O–H groups in total. The van der Waals surface area contributed by atoms with Gasteiger partial charge in [0, 0.05) is 38.7 Å². The largest absolute Gasteiger partial charge is 0.456 e. The van der Waals surface area contributed by atoms with Crippen LogP contribution in [0.5, 0.6) is 0 Å². The first-order valence-electron chi connectivity index (χ1n) is 18.2. The van der Waals surface area contributed by atoms with Gasteiger partial charge >= 0.3 is 0 Å². The van der Waals surface area contributed by atoms with Crippen molar-refractivity contribution < 1.29 is 8.83 Å². The Bertz CT molecular complexity index is 2980. The molecule has 8 aromatic carbocycles. The van der Waals surface area contributed by atoms with Gasteiger partial charge in [-0.15, -0.1) is 0 Å². The van der Waals surface area contributed by atoms with E-state index < -0.39 is 0 Å². The maximum atomic E-state index is 6.80. The van der Waals surface area contributed by atoms with Crippen LogP contribution in [-0.4, -0.2) is 0 Å². The Morgan fingerprint density at radius 2 is 1.02 bits per heavy atom. The lowest BCUT2D eigenvalue weighted by Gasteiger charge is -2.29.